The molecule has 2 aromatic rings. The quantitative estimate of drug-likeness (QED) is 0.839. The second-order valence-corrected chi connectivity index (χ2v) is 7.17. The van der Waals surface area contributed by atoms with Gasteiger partial charge in [-0.2, -0.15) is 0 Å². The van der Waals surface area contributed by atoms with Crippen molar-refractivity contribution in [2.45, 2.75) is 38.8 Å². The average Bonchev–Trinajstić information content (AvgIpc) is 2.95. The molecule has 24 heavy (non-hydrogen) atoms. The molecule has 128 valence electrons. The van der Waals surface area contributed by atoms with Crippen LogP contribution in [0.3, 0.4) is 0 Å². The largest absolute Gasteiger partial charge is 0.444 e. The lowest BCUT2D eigenvalue weighted by molar-refractivity contribution is 0.0293. The Labute approximate surface area is 145 Å². The van der Waals surface area contributed by atoms with E-state index >= 15 is 0 Å². The lowest BCUT2D eigenvalue weighted by Crippen LogP contribution is -2.36. The minimum atomic E-state index is -0.494. The minimum Gasteiger partial charge on any atom is -0.444 e. The van der Waals surface area contributed by atoms with Crippen molar-refractivity contribution in [3.8, 4) is 0 Å². The second kappa shape index (κ2) is 6.39. The molecule has 0 spiro atoms. The van der Waals surface area contributed by atoms with Gasteiger partial charge in [-0.05, 0) is 39.3 Å². The molecule has 1 aliphatic heterocycles. The van der Waals surface area contributed by atoms with Crippen LogP contribution in [0.4, 0.5) is 10.6 Å². The lowest BCUT2D eigenvalue weighted by Gasteiger charge is -2.24. The molecule has 0 unspecified atom stereocenters. The van der Waals surface area contributed by atoms with Crippen molar-refractivity contribution < 1.29 is 9.53 Å². The number of halogens is 1. The summed E-state index contributed by atoms with van der Waals surface area (Å²) in [6.45, 7) is 6.78. The number of hydrogen-bond acceptors (Lipinski definition) is 6. The van der Waals surface area contributed by atoms with Crippen LogP contribution in [0.1, 0.15) is 27.2 Å². The van der Waals surface area contributed by atoms with Crippen LogP contribution in [-0.2, 0) is 4.74 Å². The number of hydrogen-bond donors (Lipinski definition) is 1. The lowest BCUT2D eigenvalue weighted by atomic mass is 10.2. The van der Waals surface area contributed by atoms with Crippen molar-refractivity contribution in [1.82, 2.24) is 19.9 Å². The molecule has 1 fully saturated rings. The molecule has 0 radical (unpaired) electrons. The first-order valence-electron chi connectivity index (χ1n) is 7.83. The van der Waals surface area contributed by atoms with Crippen molar-refractivity contribution in [1.29, 1.82) is 0 Å². The molecule has 1 amide bonds. The SMILES string of the molecule is CC(C)(C)OC(=O)N1CC[C@@H](Nc2ncnc3ccc(Cl)nc23)C1. The van der Waals surface area contributed by atoms with Crippen molar-refractivity contribution in [3.63, 3.8) is 0 Å². The third-order valence-corrected chi connectivity index (χ3v) is 3.84. The molecule has 7 nitrogen and oxygen atoms in total. The number of nitrogens with one attached hydrogen (secondary N) is 1. The topological polar surface area (TPSA) is 80.2 Å². The van der Waals surface area contributed by atoms with Gasteiger partial charge in [0.2, 0.25) is 0 Å². The van der Waals surface area contributed by atoms with Crippen LogP contribution in [0.15, 0.2) is 18.5 Å². The third-order valence-electron chi connectivity index (χ3n) is 3.63. The van der Waals surface area contributed by atoms with Gasteiger partial charge in [0, 0.05) is 19.1 Å². The van der Waals surface area contributed by atoms with Gasteiger partial charge in [0.05, 0.1) is 5.52 Å². The number of fused-ring (bicyclic) bond motifs is 1. The van der Waals surface area contributed by atoms with Gasteiger partial charge in [0.15, 0.2) is 5.82 Å². The van der Waals surface area contributed by atoms with Gasteiger partial charge < -0.3 is 15.0 Å². The number of likely N-dealkylation sites (tertiary alicyclic amines) is 1. The second-order valence-electron chi connectivity index (χ2n) is 6.78. The predicted molar refractivity (Wildman–Crippen MR) is 92.2 cm³/mol. The van der Waals surface area contributed by atoms with Crippen LogP contribution < -0.4 is 5.32 Å². The van der Waals surface area contributed by atoms with Gasteiger partial charge in [-0.15, -0.1) is 0 Å². The first kappa shape index (κ1) is 16.7. The Hall–Kier alpha value is -2.15. The van der Waals surface area contributed by atoms with E-state index in [-0.39, 0.29) is 12.1 Å². The van der Waals surface area contributed by atoms with E-state index in [0.29, 0.717) is 29.6 Å². The van der Waals surface area contributed by atoms with Gasteiger partial charge >= 0.3 is 6.09 Å². The molecule has 1 atom stereocenters. The van der Waals surface area contributed by atoms with Crippen LogP contribution in [0.25, 0.3) is 11.0 Å². The summed E-state index contributed by atoms with van der Waals surface area (Å²) < 4.78 is 5.41. The maximum atomic E-state index is 12.1. The number of nitrogens with zero attached hydrogens (tertiary/aromatic N) is 4. The summed E-state index contributed by atoms with van der Waals surface area (Å²) in [5, 5.41) is 3.73. The zero-order valence-electron chi connectivity index (χ0n) is 13.9. The zero-order chi connectivity index (χ0) is 17.3. The van der Waals surface area contributed by atoms with Crippen molar-refractivity contribution in [2.75, 3.05) is 18.4 Å². The molecule has 1 N–H and O–H groups in total. The summed E-state index contributed by atoms with van der Waals surface area (Å²) in [4.78, 5) is 26.6. The van der Waals surface area contributed by atoms with Crippen LogP contribution in [0.2, 0.25) is 5.15 Å². The van der Waals surface area contributed by atoms with Gasteiger partial charge in [-0.1, -0.05) is 11.6 Å². The van der Waals surface area contributed by atoms with Crippen molar-refractivity contribution in [3.05, 3.63) is 23.6 Å². The predicted octanol–water partition coefficient (Wildman–Crippen LogP) is 3.10. The monoisotopic (exact) mass is 349 g/mol. The average molecular weight is 350 g/mol. The minimum absolute atomic E-state index is 0.0800. The van der Waals surface area contributed by atoms with Crippen molar-refractivity contribution >= 4 is 34.5 Å². The van der Waals surface area contributed by atoms with E-state index in [1.54, 1.807) is 17.0 Å². The molecular weight excluding hydrogens is 330 g/mol. The van der Waals surface area contributed by atoms with Gasteiger partial charge in [-0.25, -0.2) is 19.7 Å². The Balaban J connectivity index is 1.70. The normalized spacial score (nSPS) is 18.0. The standard InChI is InChI=1S/C16H20ClN5O2/c1-16(2,3)24-15(23)22-7-6-10(8-22)20-14-13-11(18-9-19-14)4-5-12(17)21-13/h4-5,9-10H,6-8H2,1-3H3,(H,18,19,20)/t10-/m1/s1. The molecule has 0 bridgehead atoms. The fraction of sp³-hybridized carbons (Fsp3) is 0.500. The number of rotatable bonds is 2. The van der Waals surface area contributed by atoms with Gasteiger partial charge in [0.1, 0.15) is 22.6 Å². The molecule has 0 saturated carbocycles. The van der Waals surface area contributed by atoms with E-state index in [4.69, 9.17) is 16.3 Å². The summed E-state index contributed by atoms with van der Waals surface area (Å²) >= 11 is 5.97. The molecule has 8 heteroatoms. The zero-order valence-corrected chi connectivity index (χ0v) is 14.7. The first-order valence-corrected chi connectivity index (χ1v) is 8.21. The van der Waals surface area contributed by atoms with E-state index < -0.39 is 5.60 Å². The number of aromatic nitrogens is 3. The highest BCUT2D eigenvalue weighted by molar-refractivity contribution is 6.29. The Morgan fingerprint density at radius 3 is 2.92 bits per heavy atom. The summed E-state index contributed by atoms with van der Waals surface area (Å²) in [6, 6.07) is 3.58. The van der Waals surface area contributed by atoms with Crippen molar-refractivity contribution in [2.24, 2.45) is 0 Å². The van der Waals surface area contributed by atoms with E-state index in [1.165, 1.54) is 6.33 Å². The highest BCUT2D eigenvalue weighted by Crippen LogP contribution is 2.23. The summed E-state index contributed by atoms with van der Waals surface area (Å²) in [6.07, 6.45) is 2.01. The molecular formula is C16H20ClN5O2. The molecule has 2 aromatic heterocycles. The fourth-order valence-corrected chi connectivity index (χ4v) is 2.73. The number of ether oxygens (including phenoxy) is 1. The smallest absolute Gasteiger partial charge is 0.410 e. The summed E-state index contributed by atoms with van der Waals surface area (Å²) in [7, 11) is 0. The van der Waals surface area contributed by atoms with E-state index in [1.807, 2.05) is 20.8 Å². The number of amides is 1. The molecule has 3 rings (SSSR count). The van der Waals surface area contributed by atoms with Crippen LogP contribution in [-0.4, -0.2) is 50.7 Å². The Kier molecular flexibility index (Phi) is 4.45. The van der Waals surface area contributed by atoms with E-state index in [2.05, 4.69) is 20.3 Å². The molecule has 0 aliphatic carbocycles. The fourth-order valence-electron chi connectivity index (χ4n) is 2.59. The number of carbonyl (C=O) groups excluding carboxylic acids is 1. The van der Waals surface area contributed by atoms with E-state index in [9.17, 15) is 4.79 Å². The van der Waals surface area contributed by atoms with Crippen LogP contribution >= 0.6 is 11.6 Å². The summed E-state index contributed by atoms with van der Waals surface area (Å²) in [5.74, 6) is 0.624. The molecule has 3 heterocycles. The molecule has 1 aliphatic rings. The highest BCUT2D eigenvalue weighted by atomic mass is 35.5. The van der Waals surface area contributed by atoms with Gasteiger partial charge in [0.25, 0.3) is 0 Å². The van der Waals surface area contributed by atoms with Crippen LogP contribution in [0, 0.1) is 0 Å². The molecule has 0 aromatic carbocycles. The first-order chi connectivity index (χ1) is 11.3. The Morgan fingerprint density at radius 2 is 2.17 bits per heavy atom. The molecule has 1 saturated heterocycles. The van der Waals surface area contributed by atoms with Gasteiger partial charge in [-0.3, -0.25) is 0 Å². The number of anilines is 1. The third kappa shape index (κ3) is 3.84. The number of carbonyl (C=O) groups is 1. The Morgan fingerprint density at radius 1 is 1.38 bits per heavy atom. The number of pyridine rings is 1. The van der Waals surface area contributed by atoms with E-state index in [0.717, 1.165) is 11.9 Å². The maximum Gasteiger partial charge on any atom is 0.410 e. The highest BCUT2D eigenvalue weighted by Gasteiger charge is 2.30. The summed E-state index contributed by atoms with van der Waals surface area (Å²) in [5.41, 5.74) is 0.853. The van der Waals surface area contributed by atoms with Crippen LogP contribution in [0.5, 0.6) is 0 Å². The Bertz CT molecular complexity index is 762. The maximum absolute atomic E-state index is 12.1.